The molecule has 0 saturated carbocycles. The Bertz CT molecular complexity index is 599. The van der Waals surface area contributed by atoms with Gasteiger partial charge in [-0.2, -0.15) is 0 Å². The fraction of sp³-hybridized carbons (Fsp3) is 0.250. The van der Waals surface area contributed by atoms with E-state index in [1.165, 1.54) is 16.8 Å². The quantitative estimate of drug-likeness (QED) is 0.728. The summed E-state index contributed by atoms with van der Waals surface area (Å²) in [6, 6.07) is 12.3. The molecule has 0 aliphatic rings. The van der Waals surface area contributed by atoms with Gasteiger partial charge in [0.05, 0.1) is 7.11 Å². The SMILES string of the molecule is CCc1cc(Br)ccc1NCc1cc(OC)ccc1Br. The van der Waals surface area contributed by atoms with Gasteiger partial charge in [-0.25, -0.2) is 0 Å². The van der Waals surface area contributed by atoms with E-state index in [4.69, 9.17) is 4.74 Å². The summed E-state index contributed by atoms with van der Waals surface area (Å²) in [6.45, 7) is 2.92. The lowest BCUT2D eigenvalue weighted by Gasteiger charge is -2.13. The van der Waals surface area contributed by atoms with Gasteiger partial charge >= 0.3 is 0 Å². The summed E-state index contributed by atoms with van der Waals surface area (Å²) >= 11 is 7.09. The van der Waals surface area contributed by atoms with Gasteiger partial charge in [-0.3, -0.25) is 0 Å². The predicted octanol–water partition coefficient (Wildman–Crippen LogP) is 5.39. The van der Waals surface area contributed by atoms with Crippen LogP contribution in [-0.4, -0.2) is 7.11 Å². The van der Waals surface area contributed by atoms with Gasteiger partial charge in [-0.1, -0.05) is 38.8 Å². The minimum absolute atomic E-state index is 0.756. The van der Waals surface area contributed by atoms with Crippen LogP contribution in [0.1, 0.15) is 18.1 Å². The molecular formula is C16H17Br2NO. The Morgan fingerprint density at radius 2 is 1.85 bits per heavy atom. The molecule has 0 unspecified atom stereocenters. The number of halogens is 2. The average molecular weight is 399 g/mol. The maximum atomic E-state index is 5.27. The maximum Gasteiger partial charge on any atom is 0.119 e. The molecule has 0 heterocycles. The Hall–Kier alpha value is -1.00. The number of ether oxygens (including phenoxy) is 1. The Morgan fingerprint density at radius 3 is 2.55 bits per heavy atom. The third kappa shape index (κ3) is 3.76. The molecule has 0 aliphatic heterocycles. The molecule has 0 bridgehead atoms. The second-order valence-corrected chi connectivity index (χ2v) is 6.24. The molecule has 0 aromatic heterocycles. The van der Waals surface area contributed by atoms with Crippen molar-refractivity contribution < 1.29 is 4.74 Å². The molecular weight excluding hydrogens is 382 g/mol. The Kier molecular flexibility index (Phi) is 5.49. The molecule has 2 nitrogen and oxygen atoms in total. The monoisotopic (exact) mass is 397 g/mol. The first-order valence-corrected chi connectivity index (χ1v) is 8.07. The van der Waals surface area contributed by atoms with Gasteiger partial charge < -0.3 is 10.1 Å². The summed E-state index contributed by atoms with van der Waals surface area (Å²) < 4.78 is 7.47. The van der Waals surface area contributed by atoms with Gasteiger partial charge in [-0.15, -0.1) is 0 Å². The van der Waals surface area contributed by atoms with Crippen LogP contribution >= 0.6 is 31.9 Å². The molecule has 0 atom stereocenters. The molecule has 106 valence electrons. The van der Waals surface area contributed by atoms with E-state index in [1.54, 1.807) is 7.11 Å². The zero-order valence-electron chi connectivity index (χ0n) is 11.5. The van der Waals surface area contributed by atoms with Crippen LogP contribution in [0.3, 0.4) is 0 Å². The van der Waals surface area contributed by atoms with Crippen molar-refractivity contribution in [1.29, 1.82) is 0 Å². The van der Waals surface area contributed by atoms with Crippen molar-refractivity contribution in [2.24, 2.45) is 0 Å². The number of nitrogens with one attached hydrogen (secondary N) is 1. The highest BCUT2D eigenvalue weighted by molar-refractivity contribution is 9.10. The van der Waals surface area contributed by atoms with Crippen molar-refractivity contribution in [1.82, 2.24) is 0 Å². The number of anilines is 1. The van der Waals surface area contributed by atoms with E-state index >= 15 is 0 Å². The first-order chi connectivity index (χ1) is 9.63. The van der Waals surface area contributed by atoms with Gasteiger partial charge in [0.25, 0.3) is 0 Å². The van der Waals surface area contributed by atoms with E-state index < -0.39 is 0 Å². The topological polar surface area (TPSA) is 21.3 Å². The number of aryl methyl sites for hydroxylation is 1. The lowest BCUT2D eigenvalue weighted by Crippen LogP contribution is -2.03. The third-order valence-electron chi connectivity index (χ3n) is 3.17. The van der Waals surface area contributed by atoms with Gasteiger partial charge in [0.2, 0.25) is 0 Å². The normalized spacial score (nSPS) is 10.4. The van der Waals surface area contributed by atoms with Gasteiger partial charge in [0, 0.05) is 21.2 Å². The molecule has 0 aliphatic carbocycles. The molecule has 0 fully saturated rings. The van der Waals surface area contributed by atoms with E-state index in [0.717, 1.165) is 27.7 Å². The van der Waals surface area contributed by atoms with Crippen molar-refractivity contribution in [2.75, 3.05) is 12.4 Å². The zero-order valence-corrected chi connectivity index (χ0v) is 14.7. The standard InChI is InChI=1S/C16H17Br2NO/c1-3-11-8-13(17)4-7-16(11)19-10-12-9-14(20-2)5-6-15(12)18/h4-9,19H,3,10H2,1-2H3. The second kappa shape index (κ2) is 7.14. The minimum atomic E-state index is 0.756. The van der Waals surface area contributed by atoms with Crippen LogP contribution in [0.5, 0.6) is 5.75 Å². The summed E-state index contributed by atoms with van der Waals surface area (Å²) in [5.41, 5.74) is 3.65. The fourth-order valence-electron chi connectivity index (χ4n) is 2.03. The Morgan fingerprint density at radius 1 is 1.05 bits per heavy atom. The van der Waals surface area contributed by atoms with Crippen LogP contribution in [0.15, 0.2) is 45.3 Å². The van der Waals surface area contributed by atoms with Crippen molar-refractivity contribution in [3.05, 3.63) is 56.5 Å². The number of methoxy groups -OCH3 is 1. The first kappa shape index (κ1) is 15.4. The highest BCUT2D eigenvalue weighted by Crippen LogP contribution is 2.25. The van der Waals surface area contributed by atoms with Gasteiger partial charge in [0.15, 0.2) is 0 Å². The first-order valence-electron chi connectivity index (χ1n) is 6.48. The summed E-state index contributed by atoms with van der Waals surface area (Å²) in [4.78, 5) is 0. The van der Waals surface area contributed by atoms with Crippen LogP contribution in [0.4, 0.5) is 5.69 Å². The molecule has 0 amide bonds. The summed E-state index contributed by atoms with van der Waals surface area (Å²) in [7, 11) is 1.68. The smallest absolute Gasteiger partial charge is 0.119 e. The minimum Gasteiger partial charge on any atom is -0.497 e. The number of hydrogen-bond acceptors (Lipinski definition) is 2. The Balaban J connectivity index is 2.16. The van der Waals surface area contributed by atoms with Crippen molar-refractivity contribution >= 4 is 37.5 Å². The van der Waals surface area contributed by atoms with Crippen LogP contribution < -0.4 is 10.1 Å². The average Bonchev–Trinajstić information content (AvgIpc) is 2.47. The summed E-state index contributed by atoms with van der Waals surface area (Å²) in [5, 5.41) is 3.49. The highest BCUT2D eigenvalue weighted by atomic mass is 79.9. The van der Waals surface area contributed by atoms with E-state index in [9.17, 15) is 0 Å². The van der Waals surface area contributed by atoms with Crippen molar-refractivity contribution in [2.45, 2.75) is 19.9 Å². The molecule has 0 saturated heterocycles. The number of rotatable bonds is 5. The van der Waals surface area contributed by atoms with Crippen LogP contribution in [0.2, 0.25) is 0 Å². The van der Waals surface area contributed by atoms with E-state index in [1.807, 2.05) is 18.2 Å². The van der Waals surface area contributed by atoms with Crippen molar-refractivity contribution in [3.63, 3.8) is 0 Å². The maximum absolute atomic E-state index is 5.27. The molecule has 0 spiro atoms. The van der Waals surface area contributed by atoms with E-state index in [0.29, 0.717) is 0 Å². The molecule has 2 aromatic rings. The molecule has 20 heavy (non-hydrogen) atoms. The molecule has 0 radical (unpaired) electrons. The Labute approximate surface area is 136 Å². The predicted molar refractivity (Wildman–Crippen MR) is 91.5 cm³/mol. The summed E-state index contributed by atoms with van der Waals surface area (Å²) in [5.74, 6) is 0.872. The second-order valence-electron chi connectivity index (χ2n) is 4.47. The highest BCUT2D eigenvalue weighted by Gasteiger charge is 2.05. The lowest BCUT2D eigenvalue weighted by atomic mass is 10.1. The molecule has 2 aromatic carbocycles. The van der Waals surface area contributed by atoms with E-state index in [2.05, 4.69) is 62.3 Å². The third-order valence-corrected chi connectivity index (χ3v) is 4.44. The van der Waals surface area contributed by atoms with Gasteiger partial charge in [-0.05, 0) is 53.9 Å². The van der Waals surface area contributed by atoms with Crippen LogP contribution in [-0.2, 0) is 13.0 Å². The van der Waals surface area contributed by atoms with Gasteiger partial charge in [0.1, 0.15) is 5.75 Å². The largest absolute Gasteiger partial charge is 0.497 e. The lowest BCUT2D eigenvalue weighted by molar-refractivity contribution is 0.414. The molecule has 2 rings (SSSR count). The fourth-order valence-corrected chi connectivity index (χ4v) is 2.83. The number of hydrogen-bond donors (Lipinski definition) is 1. The summed E-state index contributed by atoms with van der Waals surface area (Å²) in [6.07, 6.45) is 1.00. The zero-order chi connectivity index (χ0) is 14.5. The van der Waals surface area contributed by atoms with E-state index in [-0.39, 0.29) is 0 Å². The van der Waals surface area contributed by atoms with Crippen molar-refractivity contribution in [3.8, 4) is 5.75 Å². The molecule has 1 N–H and O–H groups in total. The number of benzene rings is 2. The van der Waals surface area contributed by atoms with Crippen LogP contribution in [0.25, 0.3) is 0 Å². The van der Waals surface area contributed by atoms with Crippen LogP contribution in [0, 0.1) is 0 Å². The molecule has 4 heteroatoms.